The Balaban J connectivity index is 1.79. The molecule has 2 unspecified atom stereocenters. The number of Topliss-reactive ketones (excluding diaryl/α,β-unsaturated/α-hetero) is 4. The summed E-state index contributed by atoms with van der Waals surface area (Å²) < 4.78 is 0. The number of carbonyl (C=O) groups excluding carboxylic acids is 4. The number of thioether (sulfide) groups is 2. The van der Waals surface area contributed by atoms with Gasteiger partial charge in [0.15, 0.2) is 11.6 Å². The summed E-state index contributed by atoms with van der Waals surface area (Å²) >= 11 is 3.09. The molecule has 0 N–H and O–H groups in total. The fourth-order valence-corrected chi connectivity index (χ4v) is 5.40. The maximum Gasteiger partial charge on any atom is 0.174 e. The molecule has 0 spiro atoms. The number of hydrogen-bond donors (Lipinski definition) is 0. The van der Waals surface area contributed by atoms with E-state index in [4.69, 9.17) is 0 Å². The molecule has 2 rings (SSSR count). The molecule has 0 saturated carbocycles. The van der Waals surface area contributed by atoms with Crippen LogP contribution in [-0.4, -0.2) is 46.1 Å². The standard InChI is InChI=1S/C24H26O4S2/c1-17(25)21(23(27)19-9-5-3-6-10-19)15-29-13-14-30-16-22(18(2)26)24(28)20-11-7-4-8-12-20/h3-12,21-22H,13-16H2,1-2H3. The minimum Gasteiger partial charge on any atom is -0.299 e. The van der Waals surface area contributed by atoms with Crippen molar-refractivity contribution in [2.24, 2.45) is 11.8 Å². The molecule has 0 amide bonds. The van der Waals surface area contributed by atoms with Gasteiger partial charge in [-0.15, -0.1) is 0 Å². The van der Waals surface area contributed by atoms with Crippen molar-refractivity contribution >= 4 is 46.7 Å². The maximum atomic E-state index is 12.6. The second-order valence-corrected chi connectivity index (χ2v) is 9.24. The highest BCUT2D eigenvalue weighted by atomic mass is 32.2. The van der Waals surface area contributed by atoms with Crippen LogP contribution < -0.4 is 0 Å². The molecule has 30 heavy (non-hydrogen) atoms. The van der Waals surface area contributed by atoms with Crippen molar-refractivity contribution in [2.45, 2.75) is 13.8 Å². The van der Waals surface area contributed by atoms with Crippen LogP contribution >= 0.6 is 23.5 Å². The Hall–Kier alpha value is -2.18. The van der Waals surface area contributed by atoms with Gasteiger partial charge in [-0.05, 0) is 13.8 Å². The molecule has 2 atom stereocenters. The third kappa shape index (κ3) is 7.26. The molecule has 0 aliphatic heterocycles. The summed E-state index contributed by atoms with van der Waals surface area (Å²) in [6.07, 6.45) is 0. The van der Waals surface area contributed by atoms with E-state index in [1.165, 1.54) is 13.8 Å². The van der Waals surface area contributed by atoms with Gasteiger partial charge in [-0.1, -0.05) is 60.7 Å². The van der Waals surface area contributed by atoms with Crippen molar-refractivity contribution in [3.8, 4) is 0 Å². The van der Waals surface area contributed by atoms with Gasteiger partial charge in [0.25, 0.3) is 0 Å². The molecule has 158 valence electrons. The van der Waals surface area contributed by atoms with Crippen molar-refractivity contribution in [2.75, 3.05) is 23.0 Å². The van der Waals surface area contributed by atoms with Crippen LogP contribution in [0.25, 0.3) is 0 Å². The molecule has 6 heteroatoms. The Morgan fingerprint density at radius 3 is 1.27 bits per heavy atom. The largest absolute Gasteiger partial charge is 0.299 e. The van der Waals surface area contributed by atoms with Gasteiger partial charge < -0.3 is 0 Å². The summed E-state index contributed by atoms with van der Waals surface area (Å²) in [5, 5.41) is 0. The van der Waals surface area contributed by atoms with E-state index in [0.29, 0.717) is 22.6 Å². The monoisotopic (exact) mass is 442 g/mol. The quantitative estimate of drug-likeness (QED) is 0.256. The third-order valence-corrected chi connectivity index (χ3v) is 7.05. The van der Waals surface area contributed by atoms with E-state index in [-0.39, 0.29) is 23.1 Å². The molecule has 0 aliphatic carbocycles. The SMILES string of the molecule is CC(=O)C(CSCCSCC(C(C)=O)C(=O)c1ccccc1)C(=O)c1ccccc1. The number of ketones is 4. The Morgan fingerprint density at radius 1 is 0.633 bits per heavy atom. The fourth-order valence-electron chi connectivity index (χ4n) is 2.88. The lowest BCUT2D eigenvalue weighted by Gasteiger charge is -2.14. The van der Waals surface area contributed by atoms with E-state index >= 15 is 0 Å². The van der Waals surface area contributed by atoms with Crippen molar-refractivity contribution in [1.82, 2.24) is 0 Å². The Kier molecular flexibility index (Phi) is 10.0. The van der Waals surface area contributed by atoms with Crippen LogP contribution in [0.4, 0.5) is 0 Å². The lowest BCUT2D eigenvalue weighted by Crippen LogP contribution is -2.25. The maximum absolute atomic E-state index is 12.6. The van der Waals surface area contributed by atoms with E-state index in [0.717, 1.165) is 11.5 Å². The number of benzene rings is 2. The molecule has 0 heterocycles. The van der Waals surface area contributed by atoms with Gasteiger partial charge in [0.2, 0.25) is 0 Å². The Morgan fingerprint density at radius 2 is 0.967 bits per heavy atom. The molecule has 0 fully saturated rings. The van der Waals surface area contributed by atoms with Gasteiger partial charge in [-0.25, -0.2) is 0 Å². The topological polar surface area (TPSA) is 68.3 Å². The normalized spacial score (nSPS) is 12.7. The smallest absolute Gasteiger partial charge is 0.174 e. The summed E-state index contributed by atoms with van der Waals surface area (Å²) in [7, 11) is 0. The molecular formula is C24H26O4S2. The van der Waals surface area contributed by atoms with Crippen LogP contribution in [0.15, 0.2) is 60.7 Å². The first-order valence-corrected chi connectivity index (χ1v) is 12.1. The molecule has 0 radical (unpaired) electrons. The van der Waals surface area contributed by atoms with Crippen LogP contribution in [-0.2, 0) is 9.59 Å². The predicted octanol–water partition coefficient (Wildman–Crippen LogP) is 4.63. The first-order valence-electron chi connectivity index (χ1n) is 9.76. The van der Waals surface area contributed by atoms with Crippen molar-refractivity contribution in [3.63, 3.8) is 0 Å². The van der Waals surface area contributed by atoms with Gasteiger partial charge in [0.1, 0.15) is 11.6 Å². The van der Waals surface area contributed by atoms with E-state index in [1.807, 2.05) is 12.1 Å². The number of carbonyl (C=O) groups is 4. The summed E-state index contributed by atoms with van der Waals surface area (Å²) in [4.78, 5) is 49.0. The highest BCUT2D eigenvalue weighted by molar-refractivity contribution is 8.03. The Bertz CT molecular complexity index is 792. The molecule has 0 aromatic heterocycles. The first-order chi connectivity index (χ1) is 14.4. The summed E-state index contributed by atoms with van der Waals surface area (Å²) in [5.74, 6) is 0.496. The van der Waals surface area contributed by atoms with Crippen molar-refractivity contribution < 1.29 is 19.2 Å². The minimum atomic E-state index is -0.646. The van der Waals surface area contributed by atoms with Crippen LogP contribution in [0.3, 0.4) is 0 Å². The van der Waals surface area contributed by atoms with Gasteiger partial charge in [0, 0.05) is 34.1 Å². The number of rotatable bonds is 13. The molecule has 2 aromatic rings. The lowest BCUT2D eigenvalue weighted by molar-refractivity contribution is -0.119. The van der Waals surface area contributed by atoms with Crippen molar-refractivity contribution in [3.05, 3.63) is 71.8 Å². The molecule has 0 aliphatic rings. The predicted molar refractivity (Wildman–Crippen MR) is 125 cm³/mol. The summed E-state index contributed by atoms with van der Waals surface area (Å²) in [5.41, 5.74) is 1.10. The molecule has 4 nitrogen and oxygen atoms in total. The summed E-state index contributed by atoms with van der Waals surface area (Å²) in [6.45, 7) is 2.90. The van der Waals surface area contributed by atoms with E-state index < -0.39 is 11.8 Å². The zero-order chi connectivity index (χ0) is 21.9. The molecule has 2 aromatic carbocycles. The lowest BCUT2D eigenvalue weighted by atomic mass is 9.96. The van der Waals surface area contributed by atoms with Crippen LogP contribution in [0.1, 0.15) is 34.6 Å². The van der Waals surface area contributed by atoms with E-state index in [1.54, 1.807) is 72.1 Å². The summed E-state index contributed by atoms with van der Waals surface area (Å²) in [6, 6.07) is 17.7. The first kappa shape index (κ1) is 24.1. The minimum absolute atomic E-state index is 0.130. The van der Waals surface area contributed by atoms with Gasteiger partial charge in [-0.3, -0.25) is 19.2 Å². The zero-order valence-electron chi connectivity index (χ0n) is 17.2. The average molecular weight is 443 g/mol. The average Bonchev–Trinajstić information content (AvgIpc) is 2.75. The van der Waals surface area contributed by atoms with Gasteiger partial charge in [0.05, 0.1) is 11.8 Å². The highest BCUT2D eigenvalue weighted by Crippen LogP contribution is 2.20. The fraction of sp³-hybridized carbons (Fsp3) is 0.333. The number of hydrogen-bond acceptors (Lipinski definition) is 6. The second kappa shape index (κ2) is 12.5. The molecule has 0 bridgehead atoms. The van der Waals surface area contributed by atoms with Gasteiger partial charge in [-0.2, -0.15) is 23.5 Å². The van der Waals surface area contributed by atoms with Crippen LogP contribution in [0, 0.1) is 11.8 Å². The third-order valence-electron chi connectivity index (χ3n) is 4.67. The zero-order valence-corrected chi connectivity index (χ0v) is 18.8. The molecule has 0 saturated heterocycles. The highest BCUT2D eigenvalue weighted by Gasteiger charge is 2.25. The second-order valence-electron chi connectivity index (χ2n) is 6.94. The molecular weight excluding hydrogens is 416 g/mol. The van der Waals surface area contributed by atoms with Crippen LogP contribution in [0.5, 0.6) is 0 Å². The van der Waals surface area contributed by atoms with Gasteiger partial charge >= 0.3 is 0 Å². The Labute approximate surface area is 186 Å². The van der Waals surface area contributed by atoms with E-state index in [2.05, 4.69) is 0 Å². The van der Waals surface area contributed by atoms with Crippen molar-refractivity contribution in [1.29, 1.82) is 0 Å². The van der Waals surface area contributed by atoms with E-state index in [9.17, 15) is 19.2 Å². The van der Waals surface area contributed by atoms with Crippen LogP contribution in [0.2, 0.25) is 0 Å².